The number of aliphatic hydroxyl groups excluding tert-OH is 1. The third-order valence-corrected chi connectivity index (χ3v) is 7.36. The summed E-state index contributed by atoms with van der Waals surface area (Å²) in [5.41, 5.74) is 2.90. The lowest BCUT2D eigenvalue weighted by Crippen LogP contribution is -2.44. The van der Waals surface area contributed by atoms with Gasteiger partial charge >= 0.3 is 0 Å². The van der Waals surface area contributed by atoms with E-state index in [1.807, 2.05) is 12.1 Å². The summed E-state index contributed by atoms with van der Waals surface area (Å²) in [6, 6.07) is 3.80. The van der Waals surface area contributed by atoms with Crippen LogP contribution in [-0.2, 0) is 6.42 Å². The average Bonchev–Trinajstić information content (AvgIpc) is 2.74. The first-order valence-electron chi connectivity index (χ1n) is 8.20. The lowest BCUT2D eigenvalue weighted by atomic mass is 9.55. The number of halogens is 1. The zero-order valence-corrected chi connectivity index (χ0v) is 14.1. The van der Waals surface area contributed by atoms with Gasteiger partial charge in [0, 0.05) is 4.47 Å². The van der Waals surface area contributed by atoms with E-state index >= 15 is 0 Å². The van der Waals surface area contributed by atoms with Crippen LogP contribution in [-0.4, -0.2) is 16.3 Å². The molecule has 0 amide bonds. The van der Waals surface area contributed by atoms with E-state index in [4.69, 9.17) is 0 Å². The van der Waals surface area contributed by atoms with Crippen LogP contribution in [0.2, 0.25) is 0 Å². The van der Waals surface area contributed by atoms with Crippen molar-refractivity contribution >= 4 is 15.9 Å². The van der Waals surface area contributed by atoms with Gasteiger partial charge in [-0.25, -0.2) is 0 Å². The molecule has 0 spiro atoms. The fourth-order valence-corrected chi connectivity index (χ4v) is 6.41. The molecule has 0 bridgehead atoms. The van der Waals surface area contributed by atoms with Gasteiger partial charge in [0.1, 0.15) is 5.75 Å². The largest absolute Gasteiger partial charge is 0.508 e. The molecule has 5 atom stereocenters. The van der Waals surface area contributed by atoms with Crippen molar-refractivity contribution in [2.24, 2.45) is 17.3 Å². The van der Waals surface area contributed by atoms with Crippen molar-refractivity contribution in [3.8, 4) is 5.75 Å². The van der Waals surface area contributed by atoms with Crippen molar-refractivity contribution in [2.75, 3.05) is 0 Å². The Balaban J connectivity index is 1.75. The molecule has 5 unspecified atom stereocenters. The number of phenols is 1. The number of phenolic OH excluding ortho intramolecular Hbond substituents is 1. The van der Waals surface area contributed by atoms with Crippen LogP contribution in [0.4, 0.5) is 0 Å². The summed E-state index contributed by atoms with van der Waals surface area (Å²) in [5, 5.41) is 20.2. The molecule has 1 aromatic carbocycles. The highest BCUT2D eigenvalue weighted by atomic mass is 79.9. The number of aromatic hydroxyl groups is 1. The molecule has 1 aromatic rings. The quantitative estimate of drug-likeness (QED) is 0.729. The SMILES string of the molecule is CC12CCC3c4c(Br)cc(O)cc4CCC3C1CCC2O. The number of aliphatic hydroxyl groups is 1. The second-order valence-electron chi connectivity index (χ2n) is 7.55. The lowest BCUT2D eigenvalue weighted by Gasteiger charge is -2.50. The topological polar surface area (TPSA) is 40.5 Å². The number of rotatable bonds is 0. The lowest BCUT2D eigenvalue weighted by molar-refractivity contribution is -0.0227. The minimum Gasteiger partial charge on any atom is -0.508 e. The molecule has 4 rings (SSSR count). The highest BCUT2D eigenvalue weighted by Crippen LogP contribution is 2.61. The summed E-state index contributed by atoms with van der Waals surface area (Å²) in [6.45, 7) is 2.31. The summed E-state index contributed by atoms with van der Waals surface area (Å²) >= 11 is 3.68. The fraction of sp³-hybridized carbons (Fsp3) is 0.667. The highest BCUT2D eigenvalue weighted by molar-refractivity contribution is 9.10. The van der Waals surface area contributed by atoms with Gasteiger partial charge in [-0.15, -0.1) is 0 Å². The molecule has 114 valence electrons. The Morgan fingerprint density at radius 1 is 1.19 bits per heavy atom. The first kappa shape index (κ1) is 14.1. The molecule has 21 heavy (non-hydrogen) atoms. The number of hydrogen-bond donors (Lipinski definition) is 2. The molecule has 3 aliphatic carbocycles. The Morgan fingerprint density at radius 2 is 2.00 bits per heavy atom. The van der Waals surface area contributed by atoms with Crippen LogP contribution in [0.25, 0.3) is 0 Å². The van der Waals surface area contributed by atoms with E-state index < -0.39 is 0 Å². The van der Waals surface area contributed by atoms with E-state index in [0.29, 0.717) is 23.5 Å². The molecule has 2 nitrogen and oxygen atoms in total. The second kappa shape index (κ2) is 4.73. The van der Waals surface area contributed by atoms with Gasteiger partial charge in [-0.1, -0.05) is 22.9 Å². The van der Waals surface area contributed by atoms with Gasteiger partial charge in [0.05, 0.1) is 6.10 Å². The van der Waals surface area contributed by atoms with Crippen molar-refractivity contribution in [2.45, 2.75) is 57.5 Å². The smallest absolute Gasteiger partial charge is 0.116 e. The van der Waals surface area contributed by atoms with E-state index in [2.05, 4.69) is 22.9 Å². The third kappa shape index (κ3) is 1.93. The van der Waals surface area contributed by atoms with Gasteiger partial charge in [0.25, 0.3) is 0 Å². The van der Waals surface area contributed by atoms with Crippen molar-refractivity contribution in [1.29, 1.82) is 0 Å². The maximum Gasteiger partial charge on any atom is 0.116 e. The van der Waals surface area contributed by atoms with Gasteiger partial charge in [0.15, 0.2) is 0 Å². The molecular formula is C18H23BrO2. The van der Waals surface area contributed by atoms with Crippen molar-refractivity contribution < 1.29 is 10.2 Å². The predicted octanol–water partition coefficient (Wildman–Crippen LogP) is 4.37. The maximum atomic E-state index is 10.4. The fourth-order valence-electron chi connectivity index (χ4n) is 5.62. The van der Waals surface area contributed by atoms with Gasteiger partial charge in [-0.05, 0) is 85.0 Å². The average molecular weight is 351 g/mol. The van der Waals surface area contributed by atoms with Crippen molar-refractivity contribution in [3.63, 3.8) is 0 Å². The Labute approximate surface area is 134 Å². The molecule has 3 heteroatoms. The van der Waals surface area contributed by atoms with E-state index in [9.17, 15) is 10.2 Å². The zero-order valence-electron chi connectivity index (χ0n) is 12.5. The molecule has 0 aliphatic heterocycles. The standard InChI is InChI=1S/C18H23BrO2/c1-18-7-6-13-12(14(18)4-5-16(18)21)3-2-10-8-11(20)9-15(19)17(10)13/h8-9,12-14,16,20-21H,2-7H2,1H3. The molecule has 3 aliphatic rings. The number of hydrogen-bond acceptors (Lipinski definition) is 2. The molecule has 0 saturated heterocycles. The summed E-state index contributed by atoms with van der Waals surface area (Å²) < 4.78 is 1.08. The monoisotopic (exact) mass is 350 g/mol. The van der Waals surface area contributed by atoms with Crippen LogP contribution in [0.15, 0.2) is 16.6 Å². The predicted molar refractivity (Wildman–Crippen MR) is 86.4 cm³/mol. The number of fused-ring (bicyclic) bond motifs is 5. The van der Waals surface area contributed by atoms with Gasteiger partial charge in [-0.2, -0.15) is 0 Å². The molecule has 2 saturated carbocycles. The first-order valence-corrected chi connectivity index (χ1v) is 8.99. The van der Waals surface area contributed by atoms with Crippen LogP contribution in [0.1, 0.15) is 56.1 Å². The normalized spacial score (nSPS) is 41.3. The van der Waals surface area contributed by atoms with Crippen molar-refractivity contribution in [3.05, 3.63) is 27.7 Å². The zero-order chi connectivity index (χ0) is 14.8. The molecule has 0 aromatic heterocycles. The Kier molecular flexibility index (Phi) is 3.17. The third-order valence-electron chi connectivity index (χ3n) is 6.70. The molecule has 0 radical (unpaired) electrons. The Bertz CT molecular complexity index is 585. The molecular weight excluding hydrogens is 328 g/mol. The van der Waals surface area contributed by atoms with Crippen LogP contribution >= 0.6 is 15.9 Å². The van der Waals surface area contributed by atoms with Crippen LogP contribution < -0.4 is 0 Å². The number of aryl methyl sites for hydroxylation is 1. The van der Waals surface area contributed by atoms with Crippen LogP contribution in [0.3, 0.4) is 0 Å². The summed E-state index contributed by atoms with van der Waals surface area (Å²) in [7, 11) is 0. The van der Waals surface area contributed by atoms with Crippen LogP contribution in [0, 0.1) is 17.3 Å². The molecule has 0 heterocycles. The summed E-state index contributed by atoms with van der Waals surface area (Å²) in [5.74, 6) is 2.34. The first-order chi connectivity index (χ1) is 10.0. The van der Waals surface area contributed by atoms with E-state index in [0.717, 1.165) is 23.7 Å². The minimum atomic E-state index is -0.104. The minimum absolute atomic E-state index is 0.104. The van der Waals surface area contributed by atoms with Gasteiger partial charge in [0.2, 0.25) is 0 Å². The van der Waals surface area contributed by atoms with Gasteiger partial charge in [-0.3, -0.25) is 0 Å². The van der Waals surface area contributed by atoms with Crippen LogP contribution in [0.5, 0.6) is 5.75 Å². The highest BCUT2D eigenvalue weighted by Gasteiger charge is 2.54. The summed E-state index contributed by atoms with van der Waals surface area (Å²) in [4.78, 5) is 0. The Hall–Kier alpha value is -0.540. The Morgan fingerprint density at radius 3 is 2.81 bits per heavy atom. The summed E-state index contributed by atoms with van der Waals surface area (Å²) in [6.07, 6.45) is 6.63. The van der Waals surface area contributed by atoms with E-state index in [-0.39, 0.29) is 11.5 Å². The van der Waals surface area contributed by atoms with E-state index in [1.165, 1.54) is 30.4 Å². The molecule has 2 N–H and O–H groups in total. The molecule has 2 fully saturated rings. The van der Waals surface area contributed by atoms with Gasteiger partial charge < -0.3 is 10.2 Å². The maximum absolute atomic E-state index is 10.4. The van der Waals surface area contributed by atoms with Crippen molar-refractivity contribution in [1.82, 2.24) is 0 Å². The van der Waals surface area contributed by atoms with E-state index in [1.54, 1.807) is 0 Å². The number of benzene rings is 1. The second-order valence-corrected chi connectivity index (χ2v) is 8.41.